The van der Waals surface area contributed by atoms with Crippen LogP contribution < -0.4 is 5.32 Å². The minimum absolute atomic E-state index is 0.217. The number of hydrogen-bond donors (Lipinski definition) is 1. The highest BCUT2D eigenvalue weighted by atomic mass is 32.2. The van der Waals surface area contributed by atoms with Crippen molar-refractivity contribution in [2.24, 2.45) is 0 Å². The van der Waals surface area contributed by atoms with Crippen LogP contribution in [0.15, 0.2) is 0 Å². The predicted octanol–water partition coefficient (Wildman–Crippen LogP) is 0.166. The van der Waals surface area contributed by atoms with Crippen molar-refractivity contribution in [1.29, 1.82) is 0 Å². The van der Waals surface area contributed by atoms with E-state index in [-0.39, 0.29) is 16.9 Å². The summed E-state index contributed by atoms with van der Waals surface area (Å²) in [6, 6.07) is 0. The number of hydrogen-bond acceptors (Lipinski definition) is 4. The van der Waals surface area contributed by atoms with Crippen molar-refractivity contribution >= 4 is 15.7 Å². The van der Waals surface area contributed by atoms with Crippen molar-refractivity contribution in [2.45, 2.75) is 37.4 Å². The molecule has 0 bridgehead atoms. The largest absolute Gasteiger partial charge is 0.340 e. The first-order chi connectivity index (χ1) is 8.59. The fourth-order valence-corrected chi connectivity index (χ4v) is 4.54. The molecule has 1 heterocycles. The van der Waals surface area contributed by atoms with E-state index in [1.54, 1.807) is 4.90 Å². The summed E-state index contributed by atoms with van der Waals surface area (Å²) in [6.45, 7) is 2.96. The summed E-state index contributed by atoms with van der Waals surface area (Å²) in [4.78, 5) is 13.7. The van der Waals surface area contributed by atoms with Crippen molar-refractivity contribution < 1.29 is 13.2 Å². The Hall–Kier alpha value is -0.620. The van der Waals surface area contributed by atoms with Crippen LogP contribution in [0.1, 0.15) is 32.1 Å². The molecule has 1 aliphatic carbocycles. The van der Waals surface area contributed by atoms with Crippen LogP contribution in [-0.2, 0) is 14.6 Å². The van der Waals surface area contributed by atoms with E-state index in [0.29, 0.717) is 13.1 Å². The lowest BCUT2D eigenvalue weighted by Crippen LogP contribution is -2.39. The maximum atomic E-state index is 12.1. The van der Waals surface area contributed by atoms with E-state index >= 15 is 0 Å². The molecule has 0 aromatic carbocycles. The van der Waals surface area contributed by atoms with Crippen molar-refractivity contribution in [3.63, 3.8) is 0 Å². The van der Waals surface area contributed by atoms with Gasteiger partial charge in [0.1, 0.15) is 5.75 Å². The van der Waals surface area contributed by atoms with Crippen molar-refractivity contribution in [3.8, 4) is 0 Å². The first-order valence-electron chi connectivity index (χ1n) is 6.80. The minimum atomic E-state index is -3.23. The second-order valence-electron chi connectivity index (χ2n) is 5.20. The molecule has 104 valence electrons. The van der Waals surface area contributed by atoms with Gasteiger partial charge in [-0.25, -0.2) is 8.42 Å². The van der Waals surface area contributed by atoms with Crippen LogP contribution in [0.3, 0.4) is 0 Å². The fraction of sp³-hybridized carbons (Fsp3) is 0.917. The Kier molecular flexibility index (Phi) is 4.61. The molecule has 1 saturated heterocycles. The molecule has 1 aliphatic heterocycles. The van der Waals surface area contributed by atoms with E-state index < -0.39 is 9.84 Å². The first kappa shape index (κ1) is 13.8. The van der Waals surface area contributed by atoms with Crippen molar-refractivity contribution in [3.05, 3.63) is 0 Å². The van der Waals surface area contributed by atoms with Crippen LogP contribution in [0, 0.1) is 0 Å². The highest BCUT2D eigenvalue weighted by molar-refractivity contribution is 7.92. The number of amides is 1. The maximum Gasteiger partial charge on any atom is 0.237 e. The average Bonchev–Trinajstić information content (AvgIpc) is 2.72. The Morgan fingerprint density at radius 1 is 1.11 bits per heavy atom. The molecule has 1 amide bonds. The third-order valence-corrected chi connectivity index (χ3v) is 5.96. The summed E-state index contributed by atoms with van der Waals surface area (Å²) < 4.78 is 24.2. The van der Waals surface area contributed by atoms with Gasteiger partial charge in [-0.05, 0) is 25.8 Å². The molecule has 1 saturated carbocycles. The topological polar surface area (TPSA) is 66.5 Å². The molecule has 5 nitrogen and oxygen atoms in total. The van der Waals surface area contributed by atoms with Crippen LogP contribution in [0.5, 0.6) is 0 Å². The lowest BCUT2D eigenvalue weighted by atomic mass is 10.4. The summed E-state index contributed by atoms with van der Waals surface area (Å²) in [5.74, 6) is -0.511. The van der Waals surface area contributed by atoms with Gasteiger partial charge in [0.15, 0.2) is 9.84 Å². The quantitative estimate of drug-likeness (QED) is 0.796. The van der Waals surface area contributed by atoms with E-state index in [1.807, 2.05) is 0 Å². The van der Waals surface area contributed by atoms with E-state index in [2.05, 4.69) is 5.32 Å². The Morgan fingerprint density at radius 3 is 2.56 bits per heavy atom. The average molecular weight is 274 g/mol. The van der Waals surface area contributed by atoms with Crippen LogP contribution in [-0.4, -0.2) is 56.4 Å². The molecular formula is C12H22N2O3S. The highest BCUT2D eigenvalue weighted by Gasteiger charge is 2.32. The van der Waals surface area contributed by atoms with Gasteiger partial charge >= 0.3 is 0 Å². The van der Waals surface area contributed by atoms with E-state index in [4.69, 9.17) is 0 Å². The number of nitrogens with zero attached hydrogens (tertiary/aromatic N) is 1. The highest BCUT2D eigenvalue weighted by Crippen LogP contribution is 2.25. The van der Waals surface area contributed by atoms with Gasteiger partial charge in [0.2, 0.25) is 5.91 Å². The molecule has 2 fully saturated rings. The van der Waals surface area contributed by atoms with Crippen LogP contribution in [0.4, 0.5) is 0 Å². The molecule has 2 aliphatic rings. The lowest BCUT2D eigenvalue weighted by Gasteiger charge is -2.21. The summed E-state index contributed by atoms with van der Waals surface area (Å²) >= 11 is 0. The molecule has 18 heavy (non-hydrogen) atoms. The van der Waals surface area contributed by atoms with Gasteiger partial charge in [-0.3, -0.25) is 4.79 Å². The number of rotatable bonds is 3. The Morgan fingerprint density at radius 2 is 1.83 bits per heavy atom. The number of sulfone groups is 1. The monoisotopic (exact) mass is 274 g/mol. The molecule has 6 heteroatoms. The zero-order chi connectivity index (χ0) is 13.0. The molecule has 2 rings (SSSR count). The van der Waals surface area contributed by atoms with Gasteiger partial charge in [0, 0.05) is 19.6 Å². The minimum Gasteiger partial charge on any atom is -0.340 e. The second-order valence-corrected chi connectivity index (χ2v) is 7.48. The van der Waals surface area contributed by atoms with E-state index in [1.165, 1.54) is 0 Å². The Balaban J connectivity index is 1.92. The molecule has 0 aromatic rings. The van der Waals surface area contributed by atoms with E-state index in [9.17, 15) is 13.2 Å². The third kappa shape index (κ3) is 3.45. The molecule has 0 aromatic heterocycles. The normalized spacial score (nSPS) is 23.0. The maximum absolute atomic E-state index is 12.1. The second kappa shape index (κ2) is 6.02. The van der Waals surface area contributed by atoms with Gasteiger partial charge in [-0.1, -0.05) is 12.8 Å². The lowest BCUT2D eigenvalue weighted by molar-refractivity contribution is -0.128. The van der Waals surface area contributed by atoms with Crippen molar-refractivity contribution in [2.75, 3.05) is 31.9 Å². The SMILES string of the molecule is O=C(CS(=O)(=O)C1CCCC1)N1CCCNCC1. The smallest absolute Gasteiger partial charge is 0.237 e. The van der Waals surface area contributed by atoms with Crippen LogP contribution in [0.25, 0.3) is 0 Å². The van der Waals surface area contributed by atoms with Crippen molar-refractivity contribution in [1.82, 2.24) is 10.2 Å². The molecule has 0 radical (unpaired) electrons. The van der Waals surface area contributed by atoms with Gasteiger partial charge in [-0.15, -0.1) is 0 Å². The van der Waals surface area contributed by atoms with Gasteiger partial charge in [0.05, 0.1) is 5.25 Å². The van der Waals surface area contributed by atoms with Gasteiger partial charge in [-0.2, -0.15) is 0 Å². The number of nitrogens with one attached hydrogen (secondary N) is 1. The fourth-order valence-electron chi connectivity index (χ4n) is 2.72. The zero-order valence-corrected chi connectivity index (χ0v) is 11.5. The van der Waals surface area contributed by atoms with E-state index in [0.717, 1.165) is 45.2 Å². The summed E-state index contributed by atoms with van der Waals surface area (Å²) in [5.41, 5.74) is 0. The molecular weight excluding hydrogens is 252 g/mol. The summed E-state index contributed by atoms with van der Waals surface area (Å²) in [7, 11) is -3.23. The number of carbonyl (C=O) groups excluding carboxylic acids is 1. The molecule has 0 atom stereocenters. The Labute approximate surface area is 109 Å². The number of carbonyl (C=O) groups is 1. The predicted molar refractivity (Wildman–Crippen MR) is 70.1 cm³/mol. The third-order valence-electron chi connectivity index (χ3n) is 3.83. The standard InChI is InChI=1S/C12H22N2O3S/c15-12(14-8-3-6-13-7-9-14)10-18(16,17)11-4-1-2-5-11/h11,13H,1-10H2. The zero-order valence-electron chi connectivity index (χ0n) is 10.7. The summed E-state index contributed by atoms with van der Waals surface area (Å²) in [5, 5.41) is 2.93. The molecule has 0 unspecified atom stereocenters. The Bertz CT molecular complexity index is 380. The van der Waals surface area contributed by atoms with Gasteiger partial charge in [0.25, 0.3) is 0 Å². The molecule has 0 spiro atoms. The molecule has 1 N–H and O–H groups in total. The van der Waals surface area contributed by atoms with Crippen LogP contribution >= 0.6 is 0 Å². The van der Waals surface area contributed by atoms with Gasteiger partial charge < -0.3 is 10.2 Å². The summed E-state index contributed by atoms with van der Waals surface area (Å²) in [6.07, 6.45) is 4.32. The van der Waals surface area contributed by atoms with Crippen LogP contribution in [0.2, 0.25) is 0 Å². The first-order valence-corrected chi connectivity index (χ1v) is 8.51.